The second-order valence-electron chi connectivity index (χ2n) is 3.93. The first-order chi connectivity index (χ1) is 8.97. The van der Waals surface area contributed by atoms with Crippen LogP contribution < -0.4 is 4.74 Å². The van der Waals surface area contributed by atoms with Gasteiger partial charge in [-0.25, -0.2) is 4.79 Å². The van der Waals surface area contributed by atoms with Crippen molar-refractivity contribution in [3.63, 3.8) is 0 Å². The molecule has 0 N–H and O–H groups in total. The Kier molecular flexibility index (Phi) is 4.35. The molecule has 2 rings (SSSR count). The molecule has 0 aromatic heterocycles. The van der Waals surface area contributed by atoms with Crippen LogP contribution in [-0.4, -0.2) is 5.97 Å². The number of halogens is 3. The molecule has 0 aliphatic heterocycles. The topological polar surface area (TPSA) is 26.3 Å². The van der Waals surface area contributed by atoms with E-state index in [1.165, 1.54) is 6.07 Å². The van der Waals surface area contributed by atoms with E-state index in [4.69, 9.17) is 39.5 Å². The van der Waals surface area contributed by atoms with Crippen molar-refractivity contribution >= 4 is 40.8 Å². The van der Waals surface area contributed by atoms with Crippen molar-refractivity contribution in [3.05, 3.63) is 62.6 Å². The normalized spacial score (nSPS) is 10.3. The minimum absolute atomic E-state index is 0.309. The Bertz CT molecular complexity index is 639. The highest BCUT2D eigenvalue weighted by atomic mass is 35.5. The van der Waals surface area contributed by atoms with Crippen molar-refractivity contribution < 1.29 is 9.53 Å². The summed E-state index contributed by atoms with van der Waals surface area (Å²) in [7, 11) is 0. The van der Waals surface area contributed by atoms with Crippen LogP contribution in [0.3, 0.4) is 0 Å². The predicted octanol–water partition coefficient (Wildman–Crippen LogP) is 5.17. The van der Waals surface area contributed by atoms with Gasteiger partial charge in [0.25, 0.3) is 0 Å². The molecular formula is C14H9Cl3O2. The van der Waals surface area contributed by atoms with E-state index in [0.717, 1.165) is 5.56 Å². The summed E-state index contributed by atoms with van der Waals surface area (Å²) >= 11 is 17.5. The number of benzene rings is 2. The monoisotopic (exact) mass is 314 g/mol. The molecule has 0 spiro atoms. The lowest BCUT2D eigenvalue weighted by Crippen LogP contribution is -2.09. The van der Waals surface area contributed by atoms with Crippen LogP contribution in [0.4, 0.5) is 0 Å². The number of aryl methyl sites for hydroxylation is 1. The number of ether oxygens (including phenoxy) is 1. The highest BCUT2D eigenvalue weighted by molar-refractivity contribution is 6.42. The Labute approximate surface area is 125 Å². The van der Waals surface area contributed by atoms with E-state index >= 15 is 0 Å². The average Bonchev–Trinajstić information content (AvgIpc) is 2.36. The van der Waals surface area contributed by atoms with Gasteiger partial charge in [-0.05, 0) is 48.9 Å². The summed E-state index contributed by atoms with van der Waals surface area (Å²) in [5.74, 6) is -0.0375. The molecule has 0 fully saturated rings. The van der Waals surface area contributed by atoms with Gasteiger partial charge >= 0.3 is 5.97 Å². The molecule has 2 nitrogen and oxygen atoms in total. The molecule has 0 radical (unpaired) electrons. The maximum absolute atomic E-state index is 12.0. The van der Waals surface area contributed by atoms with Gasteiger partial charge in [0.05, 0.1) is 15.6 Å². The van der Waals surface area contributed by atoms with Gasteiger partial charge in [-0.1, -0.05) is 34.8 Å². The number of carbonyl (C=O) groups excluding carboxylic acids is 1. The number of carbonyl (C=O) groups is 1. The van der Waals surface area contributed by atoms with Crippen LogP contribution in [0.15, 0.2) is 36.4 Å². The molecule has 0 unspecified atom stereocenters. The van der Waals surface area contributed by atoms with Crippen LogP contribution in [0.1, 0.15) is 15.9 Å². The quantitative estimate of drug-likeness (QED) is 0.564. The largest absolute Gasteiger partial charge is 0.423 e. The molecule has 0 saturated heterocycles. The van der Waals surface area contributed by atoms with E-state index < -0.39 is 5.97 Å². The summed E-state index contributed by atoms with van der Waals surface area (Å²) in [5, 5.41) is 1.29. The van der Waals surface area contributed by atoms with E-state index in [2.05, 4.69) is 0 Å². The van der Waals surface area contributed by atoms with Crippen LogP contribution >= 0.6 is 34.8 Å². The van der Waals surface area contributed by atoms with E-state index in [9.17, 15) is 4.79 Å². The summed E-state index contributed by atoms with van der Waals surface area (Å²) in [4.78, 5) is 12.0. The zero-order chi connectivity index (χ0) is 14.0. The summed E-state index contributed by atoms with van der Waals surface area (Å²) in [6, 6.07) is 9.60. The minimum atomic E-state index is -0.496. The average molecular weight is 316 g/mol. The molecule has 2 aromatic rings. The fraction of sp³-hybridized carbons (Fsp3) is 0.0714. The van der Waals surface area contributed by atoms with E-state index in [1.54, 1.807) is 30.3 Å². The lowest BCUT2D eigenvalue weighted by Gasteiger charge is -2.08. The lowest BCUT2D eigenvalue weighted by molar-refractivity contribution is 0.0733. The minimum Gasteiger partial charge on any atom is -0.423 e. The zero-order valence-corrected chi connectivity index (χ0v) is 12.2. The van der Waals surface area contributed by atoms with Crippen molar-refractivity contribution in [3.8, 4) is 5.75 Å². The molecule has 0 amide bonds. The van der Waals surface area contributed by atoms with Crippen LogP contribution in [0.5, 0.6) is 5.75 Å². The third kappa shape index (κ3) is 3.41. The van der Waals surface area contributed by atoms with Gasteiger partial charge in [-0.15, -0.1) is 0 Å². The molecule has 0 atom stereocenters. The van der Waals surface area contributed by atoms with Crippen LogP contribution in [0, 0.1) is 6.92 Å². The molecule has 0 saturated carbocycles. The first kappa shape index (κ1) is 14.2. The SMILES string of the molecule is Cc1cc(Cl)ccc1OC(=O)c1ccc(Cl)c(Cl)c1. The van der Waals surface area contributed by atoms with Gasteiger partial charge in [0.1, 0.15) is 5.75 Å². The standard InChI is InChI=1S/C14H9Cl3O2/c1-8-6-10(15)3-5-13(8)19-14(18)9-2-4-11(16)12(17)7-9/h2-7H,1H3. The summed E-state index contributed by atoms with van der Waals surface area (Å²) in [5.41, 5.74) is 1.12. The number of hydrogen-bond acceptors (Lipinski definition) is 2. The van der Waals surface area contributed by atoms with Gasteiger partial charge in [0.2, 0.25) is 0 Å². The van der Waals surface area contributed by atoms with Gasteiger partial charge in [-0.3, -0.25) is 0 Å². The maximum Gasteiger partial charge on any atom is 0.343 e. The highest BCUT2D eigenvalue weighted by Gasteiger charge is 2.12. The highest BCUT2D eigenvalue weighted by Crippen LogP contribution is 2.25. The molecule has 0 heterocycles. The van der Waals surface area contributed by atoms with Gasteiger partial charge in [0.15, 0.2) is 0 Å². The second kappa shape index (κ2) is 5.83. The third-order valence-corrected chi connectivity index (χ3v) is 3.47. The zero-order valence-electron chi connectivity index (χ0n) is 9.91. The van der Waals surface area contributed by atoms with Crippen molar-refractivity contribution in [2.45, 2.75) is 6.92 Å². The summed E-state index contributed by atoms with van der Waals surface area (Å²) in [6.45, 7) is 1.81. The van der Waals surface area contributed by atoms with E-state index in [1.807, 2.05) is 6.92 Å². The molecule has 5 heteroatoms. The molecule has 0 aliphatic rings. The first-order valence-corrected chi connectivity index (χ1v) is 6.54. The molecule has 0 aliphatic carbocycles. The third-order valence-electron chi connectivity index (χ3n) is 2.49. The maximum atomic E-state index is 12.0. The first-order valence-electron chi connectivity index (χ1n) is 5.41. The molecule has 98 valence electrons. The summed E-state index contributed by atoms with van der Waals surface area (Å²) < 4.78 is 5.28. The number of esters is 1. The number of rotatable bonds is 2. The fourth-order valence-electron chi connectivity index (χ4n) is 1.51. The van der Waals surface area contributed by atoms with E-state index in [-0.39, 0.29) is 0 Å². The van der Waals surface area contributed by atoms with Gasteiger partial charge in [0, 0.05) is 5.02 Å². The van der Waals surface area contributed by atoms with Crippen molar-refractivity contribution in [1.29, 1.82) is 0 Å². The van der Waals surface area contributed by atoms with Crippen LogP contribution in [-0.2, 0) is 0 Å². The van der Waals surface area contributed by atoms with E-state index in [0.29, 0.717) is 26.4 Å². The number of hydrogen-bond donors (Lipinski definition) is 0. The van der Waals surface area contributed by atoms with Crippen molar-refractivity contribution in [1.82, 2.24) is 0 Å². The van der Waals surface area contributed by atoms with Gasteiger partial charge < -0.3 is 4.74 Å². The van der Waals surface area contributed by atoms with Crippen LogP contribution in [0.2, 0.25) is 15.1 Å². The Morgan fingerprint density at radius 3 is 2.37 bits per heavy atom. The Morgan fingerprint density at radius 2 is 1.74 bits per heavy atom. The Morgan fingerprint density at radius 1 is 1.00 bits per heavy atom. The van der Waals surface area contributed by atoms with Crippen LogP contribution in [0.25, 0.3) is 0 Å². The fourth-order valence-corrected chi connectivity index (χ4v) is 2.03. The van der Waals surface area contributed by atoms with Crippen molar-refractivity contribution in [2.75, 3.05) is 0 Å². The molecule has 19 heavy (non-hydrogen) atoms. The molecular weight excluding hydrogens is 307 g/mol. The Balaban J connectivity index is 2.23. The second-order valence-corrected chi connectivity index (χ2v) is 5.18. The van der Waals surface area contributed by atoms with Gasteiger partial charge in [-0.2, -0.15) is 0 Å². The smallest absolute Gasteiger partial charge is 0.343 e. The Hall–Kier alpha value is -1.22. The van der Waals surface area contributed by atoms with Crippen molar-refractivity contribution in [2.24, 2.45) is 0 Å². The molecule has 2 aromatic carbocycles. The summed E-state index contributed by atoms with van der Waals surface area (Å²) in [6.07, 6.45) is 0. The lowest BCUT2D eigenvalue weighted by atomic mass is 10.2. The molecule has 0 bridgehead atoms. The predicted molar refractivity (Wildman–Crippen MR) is 77.6 cm³/mol.